The van der Waals surface area contributed by atoms with Gasteiger partial charge >= 0.3 is 0 Å². The Bertz CT molecular complexity index is 266. The number of hydrogen-bond donors (Lipinski definition) is 2. The largest absolute Gasteiger partial charge is 0.370 e. The number of nitrogens with one attached hydrogen (secondary N) is 1. The van der Waals surface area contributed by atoms with Crippen molar-refractivity contribution in [3.05, 3.63) is 0 Å². The molecule has 3 N–H and O–H groups in total. The second-order valence-electron chi connectivity index (χ2n) is 5.33. The van der Waals surface area contributed by atoms with Gasteiger partial charge < -0.3 is 16.0 Å². The Kier molecular flexibility index (Phi) is 4.23. The molecule has 0 radical (unpaired) electrons. The van der Waals surface area contributed by atoms with Crippen molar-refractivity contribution < 1.29 is 0 Å². The fraction of sp³-hybridized carbons (Fsp3) is 0.917. The Morgan fingerprint density at radius 1 is 1.35 bits per heavy atom. The Hall–Kier alpha value is -0.810. The summed E-state index contributed by atoms with van der Waals surface area (Å²) in [5.41, 5.74) is 5.83. The predicted molar refractivity (Wildman–Crippen MR) is 71.2 cm³/mol. The average molecular weight is 239 g/mol. The number of aliphatic imine (C=N–C) groups is 1. The van der Waals surface area contributed by atoms with Crippen molar-refractivity contribution in [2.75, 3.05) is 39.8 Å². The van der Waals surface area contributed by atoms with E-state index >= 15 is 0 Å². The van der Waals surface area contributed by atoms with Crippen LogP contribution in [-0.4, -0.2) is 67.6 Å². The zero-order chi connectivity index (χ0) is 12.3. The van der Waals surface area contributed by atoms with Crippen LogP contribution in [0, 0.1) is 0 Å². The molecule has 98 valence electrons. The van der Waals surface area contributed by atoms with Crippen molar-refractivity contribution in [2.45, 2.75) is 31.8 Å². The van der Waals surface area contributed by atoms with E-state index in [1.807, 2.05) is 0 Å². The van der Waals surface area contributed by atoms with E-state index in [2.05, 4.69) is 34.1 Å². The van der Waals surface area contributed by atoms with Gasteiger partial charge in [0.25, 0.3) is 0 Å². The molecule has 1 aliphatic heterocycles. The van der Waals surface area contributed by atoms with Crippen LogP contribution in [0.2, 0.25) is 0 Å². The van der Waals surface area contributed by atoms with E-state index in [9.17, 15) is 0 Å². The number of nitrogens with two attached hydrogens (primary N) is 1. The summed E-state index contributed by atoms with van der Waals surface area (Å²) in [5.74, 6) is 0.619. The maximum Gasteiger partial charge on any atom is 0.188 e. The number of piperazine rings is 1. The number of likely N-dealkylation sites (N-methyl/N-ethyl adjacent to an activating group) is 1. The lowest BCUT2D eigenvalue weighted by molar-refractivity contribution is 0.122. The van der Waals surface area contributed by atoms with E-state index in [1.165, 1.54) is 12.8 Å². The van der Waals surface area contributed by atoms with Gasteiger partial charge in [0.1, 0.15) is 0 Å². The molecule has 0 aromatic rings. The van der Waals surface area contributed by atoms with Crippen molar-refractivity contribution in [3.63, 3.8) is 0 Å². The highest BCUT2D eigenvalue weighted by Gasteiger charge is 2.22. The summed E-state index contributed by atoms with van der Waals surface area (Å²) in [5, 5.41) is 3.22. The normalized spacial score (nSPS) is 25.9. The third-order valence-electron chi connectivity index (χ3n) is 3.62. The molecular weight excluding hydrogens is 214 g/mol. The van der Waals surface area contributed by atoms with Crippen LogP contribution in [0.25, 0.3) is 0 Å². The van der Waals surface area contributed by atoms with E-state index < -0.39 is 0 Å². The molecule has 0 amide bonds. The van der Waals surface area contributed by atoms with Gasteiger partial charge in [0.15, 0.2) is 5.96 Å². The first-order valence-electron chi connectivity index (χ1n) is 6.64. The summed E-state index contributed by atoms with van der Waals surface area (Å²) in [6.07, 6.45) is 2.48. The van der Waals surface area contributed by atoms with E-state index in [0.29, 0.717) is 18.0 Å². The molecule has 2 aliphatic rings. The summed E-state index contributed by atoms with van der Waals surface area (Å²) >= 11 is 0. The molecular formula is C12H25N5. The van der Waals surface area contributed by atoms with Crippen molar-refractivity contribution in [3.8, 4) is 0 Å². The molecule has 0 bridgehead atoms. The highest BCUT2D eigenvalue weighted by Crippen LogP contribution is 2.18. The summed E-state index contributed by atoms with van der Waals surface area (Å²) in [7, 11) is 2.18. The van der Waals surface area contributed by atoms with Crippen LogP contribution in [0.1, 0.15) is 19.8 Å². The molecule has 2 fully saturated rings. The average Bonchev–Trinajstić information content (AvgIpc) is 3.11. The maximum atomic E-state index is 5.83. The highest BCUT2D eigenvalue weighted by molar-refractivity contribution is 5.78. The first-order valence-corrected chi connectivity index (χ1v) is 6.64. The number of hydrogen-bond acceptors (Lipinski definition) is 3. The van der Waals surface area contributed by atoms with Crippen LogP contribution >= 0.6 is 0 Å². The van der Waals surface area contributed by atoms with Gasteiger partial charge in [-0.15, -0.1) is 0 Å². The van der Waals surface area contributed by atoms with Gasteiger partial charge in [-0.25, -0.2) is 0 Å². The van der Waals surface area contributed by atoms with Gasteiger partial charge in [-0.2, -0.15) is 0 Å². The molecule has 5 heteroatoms. The molecule has 0 aromatic carbocycles. The van der Waals surface area contributed by atoms with Crippen LogP contribution in [-0.2, 0) is 0 Å². The Balaban J connectivity index is 1.70. The third kappa shape index (κ3) is 4.16. The van der Waals surface area contributed by atoms with E-state index in [1.54, 1.807) is 0 Å². The molecule has 1 unspecified atom stereocenters. The highest BCUT2D eigenvalue weighted by atomic mass is 15.3. The Morgan fingerprint density at radius 2 is 2.00 bits per heavy atom. The summed E-state index contributed by atoms with van der Waals surface area (Å²) in [4.78, 5) is 9.29. The van der Waals surface area contributed by atoms with Crippen LogP contribution in [0.5, 0.6) is 0 Å². The van der Waals surface area contributed by atoms with Crippen LogP contribution < -0.4 is 11.1 Å². The SMILES string of the molecule is CC(CN=C(N)NC1CC1)N1CCN(C)CC1. The molecule has 17 heavy (non-hydrogen) atoms. The van der Waals surface area contributed by atoms with Crippen molar-refractivity contribution in [2.24, 2.45) is 10.7 Å². The molecule has 1 aliphatic carbocycles. The smallest absolute Gasteiger partial charge is 0.188 e. The summed E-state index contributed by atoms with van der Waals surface area (Å²) in [6, 6.07) is 1.08. The van der Waals surface area contributed by atoms with E-state index in [4.69, 9.17) is 5.73 Å². The second kappa shape index (κ2) is 5.69. The van der Waals surface area contributed by atoms with Crippen molar-refractivity contribution >= 4 is 5.96 Å². The first kappa shape index (κ1) is 12.6. The van der Waals surface area contributed by atoms with Gasteiger partial charge in [-0.3, -0.25) is 9.89 Å². The van der Waals surface area contributed by atoms with Gasteiger partial charge in [-0.05, 0) is 26.8 Å². The zero-order valence-corrected chi connectivity index (χ0v) is 11.0. The first-order chi connectivity index (χ1) is 8.15. The number of guanidine groups is 1. The van der Waals surface area contributed by atoms with Gasteiger partial charge in [0.05, 0.1) is 6.54 Å². The molecule has 0 aromatic heterocycles. The zero-order valence-electron chi connectivity index (χ0n) is 11.0. The molecule has 1 saturated heterocycles. The topological polar surface area (TPSA) is 56.9 Å². The van der Waals surface area contributed by atoms with Gasteiger partial charge in [-0.1, -0.05) is 0 Å². The lowest BCUT2D eigenvalue weighted by Crippen LogP contribution is -2.49. The molecule has 1 atom stereocenters. The number of nitrogens with zero attached hydrogens (tertiary/aromatic N) is 3. The molecule has 2 rings (SSSR count). The summed E-state index contributed by atoms with van der Waals surface area (Å²) in [6.45, 7) is 7.63. The lowest BCUT2D eigenvalue weighted by Gasteiger charge is -2.35. The molecule has 1 heterocycles. The monoisotopic (exact) mass is 239 g/mol. The minimum Gasteiger partial charge on any atom is -0.370 e. The van der Waals surface area contributed by atoms with E-state index in [-0.39, 0.29) is 0 Å². The number of rotatable bonds is 4. The lowest BCUT2D eigenvalue weighted by atomic mass is 10.2. The summed E-state index contributed by atoms with van der Waals surface area (Å²) < 4.78 is 0. The molecule has 1 saturated carbocycles. The van der Waals surface area contributed by atoms with Crippen LogP contribution in [0.4, 0.5) is 0 Å². The molecule has 0 spiro atoms. The van der Waals surface area contributed by atoms with E-state index in [0.717, 1.165) is 32.7 Å². The minimum absolute atomic E-state index is 0.489. The second-order valence-corrected chi connectivity index (χ2v) is 5.33. The van der Waals surface area contributed by atoms with Gasteiger partial charge in [0, 0.05) is 38.3 Å². The fourth-order valence-electron chi connectivity index (χ4n) is 2.09. The predicted octanol–water partition coefficient (Wildman–Crippen LogP) is -0.311. The van der Waals surface area contributed by atoms with Crippen LogP contribution in [0.3, 0.4) is 0 Å². The van der Waals surface area contributed by atoms with Crippen molar-refractivity contribution in [1.82, 2.24) is 15.1 Å². The van der Waals surface area contributed by atoms with Crippen molar-refractivity contribution in [1.29, 1.82) is 0 Å². The Labute approximate surface area is 104 Å². The van der Waals surface area contributed by atoms with Crippen LogP contribution in [0.15, 0.2) is 4.99 Å². The van der Waals surface area contributed by atoms with Gasteiger partial charge in [0.2, 0.25) is 0 Å². The Morgan fingerprint density at radius 3 is 2.59 bits per heavy atom. The molecule has 5 nitrogen and oxygen atoms in total. The maximum absolute atomic E-state index is 5.83. The fourth-order valence-corrected chi connectivity index (χ4v) is 2.09. The standard InChI is InChI=1S/C12H25N5/c1-10(17-7-5-16(2)6-8-17)9-14-12(13)15-11-3-4-11/h10-11H,3-9H2,1-2H3,(H3,13,14,15). The third-order valence-corrected chi connectivity index (χ3v) is 3.62. The quantitative estimate of drug-likeness (QED) is 0.522. The minimum atomic E-state index is 0.489.